The van der Waals surface area contributed by atoms with Gasteiger partial charge in [-0.05, 0) is 54.6 Å². The van der Waals surface area contributed by atoms with Gasteiger partial charge >= 0.3 is 0 Å². The summed E-state index contributed by atoms with van der Waals surface area (Å²) in [5.74, 6) is -0.536. The van der Waals surface area contributed by atoms with E-state index in [1.54, 1.807) is 36.8 Å². The summed E-state index contributed by atoms with van der Waals surface area (Å²) in [6.07, 6.45) is 4.99. The number of anilines is 1. The SMILES string of the molecule is O=C(Nc1cncc(-c2ccc3[nH]nc(-c4cc5c(-c6cccc(F)c6)nccc5[nH]4)c3n2)c1)c1ccccc1. The molecule has 9 heteroatoms. The topological polar surface area (TPSA) is 112 Å². The number of pyridine rings is 3. The largest absolute Gasteiger partial charge is 0.353 e. The number of nitrogens with one attached hydrogen (secondary N) is 3. The monoisotopic (exact) mass is 525 g/mol. The van der Waals surface area contributed by atoms with Crippen molar-refractivity contribution in [1.29, 1.82) is 0 Å². The van der Waals surface area contributed by atoms with Gasteiger partial charge in [-0.3, -0.25) is 19.9 Å². The van der Waals surface area contributed by atoms with E-state index >= 15 is 0 Å². The smallest absolute Gasteiger partial charge is 0.255 e. The van der Waals surface area contributed by atoms with Gasteiger partial charge in [0.1, 0.15) is 17.0 Å². The third-order valence-electron chi connectivity index (χ3n) is 6.64. The Morgan fingerprint density at radius 3 is 2.60 bits per heavy atom. The van der Waals surface area contributed by atoms with E-state index in [0.29, 0.717) is 39.4 Å². The average molecular weight is 526 g/mol. The second kappa shape index (κ2) is 9.55. The zero-order valence-electron chi connectivity index (χ0n) is 20.9. The summed E-state index contributed by atoms with van der Waals surface area (Å²) < 4.78 is 13.9. The average Bonchev–Trinajstić information content (AvgIpc) is 3.61. The van der Waals surface area contributed by atoms with Crippen LogP contribution in [-0.2, 0) is 0 Å². The van der Waals surface area contributed by atoms with E-state index in [2.05, 4.69) is 30.5 Å². The number of rotatable bonds is 5. The van der Waals surface area contributed by atoms with E-state index in [-0.39, 0.29) is 11.7 Å². The molecule has 0 aliphatic heterocycles. The summed E-state index contributed by atoms with van der Waals surface area (Å²) in [7, 11) is 0. The lowest BCUT2D eigenvalue weighted by Crippen LogP contribution is -2.11. The van der Waals surface area contributed by atoms with Crippen LogP contribution >= 0.6 is 0 Å². The molecule has 0 spiro atoms. The van der Waals surface area contributed by atoms with Gasteiger partial charge in [-0.1, -0.05) is 30.3 Å². The molecule has 7 aromatic rings. The summed E-state index contributed by atoms with van der Waals surface area (Å²) in [6, 6.07) is 24.8. The number of hydrogen-bond acceptors (Lipinski definition) is 5. The third kappa shape index (κ3) is 4.25. The number of carbonyl (C=O) groups excluding carboxylic acids is 1. The van der Waals surface area contributed by atoms with Crippen molar-refractivity contribution in [1.82, 2.24) is 30.1 Å². The number of carbonyl (C=O) groups is 1. The van der Waals surface area contributed by atoms with Crippen LogP contribution in [-0.4, -0.2) is 36.0 Å². The van der Waals surface area contributed by atoms with Crippen LogP contribution in [0.5, 0.6) is 0 Å². The lowest BCUT2D eigenvalue weighted by atomic mass is 10.1. The maximum atomic E-state index is 13.9. The molecule has 0 unspecified atom stereocenters. The van der Waals surface area contributed by atoms with Gasteiger partial charge in [0.25, 0.3) is 5.91 Å². The predicted molar refractivity (Wildman–Crippen MR) is 152 cm³/mol. The van der Waals surface area contributed by atoms with Gasteiger partial charge in [0.05, 0.1) is 34.5 Å². The molecule has 0 bridgehead atoms. The van der Waals surface area contributed by atoms with Gasteiger partial charge in [-0.25, -0.2) is 9.37 Å². The van der Waals surface area contributed by atoms with E-state index in [4.69, 9.17) is 4.98 Å². The molecule has 0 aliphatic carbocycles. The van der Waals surface area contributed by atoms with Crippen LogP contribution in [0.2, 0.25) is 0 Å². The van der Waals surface area contributed by atoms with Crippen LogP contribution in [0, 0.1) is 5.82 Å². The summed E-state index contributed by atoms with van der Waals surface area (Å²) in [5, 5.41) is 11.3. The third-order valence-corrected chi connectivity index (χ3v) is 6.64. The summed E-state index contributed by atoms with van der Waals surface area (Å²) >= 11 is 0. The van der Waals surface area contributed by atoms with E-state index in [1.165, 1.54) is 12.1 Å². The molecule has 3 N–H and O–H groups in total. The molecule has 0 saturated carbocycles. The Morgan fingerprint density at radius 2 is 1.73 bits per heavy atom. The maximum absolute atomic E-state index is 13.9. The highest BCUT2D eigenvalue weighted by molar-refractivity contribution is 6.04. The Bertz CT molecular complexity index is 2030. The zero-order valence-corrected chi connectivity index (χ0v) is 20.9. The quantitative estimate of drug-likeness (QED) is 0.234. The first-order valence-corrected chi connectivity index (χ1v) is 12.5. The molecule has 0 radical (unpaired) electrons. The Hall–Kier alpha value is -5.70. The van der Waals surface area contributed by atoms with Gasteiger partial charge in [0.15, 0.2) is 0 Å². The maximum Gasteiger partial charge on any atom is 0.255 e. The number of H-pyrrole nitrogens is 2. The van der Waals surface area contributed by atoms with Crippen molar-refractivity contribution in [3.63, 3.8) is 0 Å². The summed E-state index contributed by atoms with van der Waals surface area (Å²) in [5.41, 5.74) is 7.58. The summed E-state index contributed by atoms with van der Waals surface area (Å²) in [6.45, 7) is 0. The van der Waals surface area contributed by atoms with Crippen LogP contribution in [0.4, 0.5) is 10.1 Å². The van der Waals surface area contributed by atoms with Crippen LogP contribution in [0.3, 0.4) is 0 Å². The highest BCUT2D eigenvalue weighted by Crippen LogP contribution is 2.33. The normalized spacial score (nSPS) is 11.2. The Morgan fingerprint density at radius 1 is 0.825 bits per heavy atom. The predicted octanol–water partition coefficient (Wildman–Crippen LogP) is 6.62. The Balaban J connectivity index is 1.25. The second-order valence-electron chi connectivity index (χ2n) is 9.26. The van der Waals surface area contributed by atoms with Crippen LogP contribution in [0.25, 0.3) is 55.8 Å². The van der Waals surface area contributed by atoms with Crippen LogP contribution < -0.4 is 5.32 Å². The van der Waals surface area contributed by atoms with Gasteiger partial charge in [0.2, 0.25) is 0 Å². The van der Waals surface area contributed by atoms with E-state index in [9.17, 15) is 9.18 Å². The number of nitrogens with zero attached hydrogens (tertiary/aromatic N) is 4. The van der Waals surface area contributed by atoms with Crippen molar-refractivity contribution >= 4 is 33.5 Å². The Kier molecular flexibility index (Phi) is 5.59. The van der Waals surface area contributed by atoms with Crippen molar-refractivity contribution in [3.8, 4) is 33.9 Å². The molecule has 7 rings (SSSR count). The summed E-state index contributed by atoms with van der Waals surface area (Å²) in [4.78, 5) is 29.7. The number of fused-ring (bicyclic) bond motifs is 2. The van der Waals surface area contributed by atoms with E-state index in [1.807, 2.05) is 54.6 Å². The first kappa shape index (κ1) is 23.4. The molecular formula is C31H20FN7O. The first-order valence-electron chi connectivity index (χ1n) is 12.5. The molecule has 5 heterocycles. The van der Waals surface area contributed by atoms with Crippen molar-refractivity contribution in [2.45, 2.75) is 0 Å². The molecule has 0 atom stereocenters. The molecule has 192 valence electrons. The van der Waals surface area contributed by atoms with Gasteiger partial charge in [-0.15, -0.1) is 0 Å². The molecule has 5 aromatic heterocycles. The minimum Gasteiger partial charge on any atom is -0.353 e. The first-order chi connectivity index (χ1) is 19.6. The number of halogens is 1. The van der Waals surface area contributed by atoms with E-state index in [0.717, 1.165) is 27.7 Å². The molecule has 0 aliphatic rings. The fraction of sp³-hybridized carbons (Fsp3) is 0. The molecule has 2 aromatic carbocycles. The van der Waals surface area contributed by atoms with Crippen molar-refractivity contribution in [2.75, 3.05) is 5.32 Å². The molecule has 1 amide bonds. The lowest BCUT2D eigenvalue weighted by molar-refractivity contribution is 0.102. The lowest BCUT2D eigenvalue weighted by Gasteiger charge is -2.07. The molecular weight excluding hydrogens is 505 g/mol. The van der Waals surface area contributed by atoms with Gasteiger partial charge < -0.3 is 10.3 Å². The number of aromatic amines is 2. The highest BCUT2D eigenvalue weighted by Gasteiger charge is 2.16. The minimum absolute atomic E-state index is 0.217. The van der Waals surface area contributed by atoms with Crippen molar-refractivity contribution in [2.24, 2.45) is 0 Å². The molecule has 0 fully saturated rings. The van der Waals surface area contributed by atoms with Crippen molar-refractivity contribution in [3.05, 3.63) is 115 Å². The number of hydrogen-bond donors (Lipinski definition) is 3. The van der Waals surface area contributed by atoms with Gasteiger partial charge in [0, 0.05) is 40.0 Å². The second-order valence-corrected chi connectivity index (χ2v) is 9.26. The standard InChI is InChI=1S/C31H20FN7O/c32-21-8-4-7-19(13-21)28-23-15-27(36-25(23)11-12-34-28)30-29-26(38-39-30)10-9-24(37-29)20-14-22(17-33-16-20)35-31(40)18-5-2-1-3-6-18/h1-17,36H,(H,35,40)(H,38,39). The Labute approximate surface area is 227 Å². The molecule has 8 nitrogen and oxygen atoms in total. The van der Waals surface area contributed by atoms with Crippen molar-refractivity contribution < 1.29 is 9.18 Å². The fourth-order valence-electron chi connectivity index (χ4n) is 4.74. The van der Waals surface area contributed by atoms with Gasteiger partial charge in [-0.2, -0.15) is 5.10 Å². The fourth-order valence-corrected chi connectivity index (χ4v) is 4.74. The highest BCUT2D eigenvalue weighted by atomic mass is 19.1. The number of amides is 1. The minimum atomic E-state index is -0.319. The number of benzene rings is 2. The van der Waals surface area contributed by atoms with Crippen LogP contribution in [0.1, 0.15) is 10.4 Å². The number of aromatic nitrogens is 6. The zero-order chi connectivity index (χ0) is 27.1. The molecule has 40 heavy (non-hydrogen) atoms. The van der Waals surface area contributed by atoms with Crippen LogP contribution in [0.15, 0.2) is 104 Å². The molecule has 0 saturated heterocycles. The van der Waals surface area contributed by atoms with E-state index < -0.39 is 0 Å².